The number of nitriles is 1. The first-order valence-corrected chi connectivity index (χ1v) is 8.66. The Morgan fingerprint density at radius 1 is 1.52 bits per heavy atom. The second-order valence-corrected chi connectivity index (χ2v) is 6.62. The van der Waals surface area contributed by atoms with Crippen molar-refractivity contribution in [2.45, 2.75) is 45.6 Å². The molecule has 0 aliphatic carbocycles. The van der Waals surface area contributed by atoms with Crippen LogP contribution in [0.25, 0.3) is 6.08 Å². The lowest BCUT2D eigenvalue weighted by Crippen LogP contribution is -2.32. The number of hydrogen-bond donors (Lipinski definition) is 1. The second kappa shape index (κ2) is 8.68. The number of methoxy groups -OCH3 is 1. The van der Waals surface area contributed by atoms with Crippen molar-refractivity contribution in [2.75, 3.05) is 20.3 Å². The molecule has 5 heteroatoms. The molecule has 1 heterocycles. The van der Waals surface area contributed by atoms with Gasteiger partial charge in [0, 0.05) is 13.2 Å². The van der Waals surface area contributed by atoms with Crippen LogP contribution in [0.3, 0.4) is 0 Å². The zero-order valence-electron chi connectivity index (χ0n) is 15.4. The third-order valence-corrected chi connectivity index (χ3v) is 4.42. The van der Waals surface area contributed by atoms with Crippen molar-refractivity contribution in [3.8, 4) is 11.8 Å². The van der Waals surface area contributed by atoms with Crippen LogP contribution in [-0.2, 0) is 9.53 Å². The standard InChI is InChI=1S/C20H26N2O3/c1-13(2)18-10-15(14(3)8-19(18)24-4)9-16(11-21)20(23)22-12-17-6-5-7-25-17/h8-10,13,17H,5-7,12H2,1-4H3,(H,22,23)/b16-9-/t17-/m0/s1. The quantitative estimate of drug-likeness (QED) is 0.636. The number of hydrogen-bond acceptors (Lipinski definition) is 4. The van der Waals surface area contributed by atoms with Gasteiger partial charge in [-0.2, -0.15) is 5.26 Å². The van der Waals surface area contributed by atoms with E-state index < -0.39 is 0 Å². The maximum atomic E-state index is 12.3. The molecule has 1 aromatic carbocycles. The van der Waals surface area contributed by atoms with Gasteiger partial charge in [-0.15, -0.1) is 0 Å². The van der Waals surface area contributed by atoms with Crippen LogP contribution in [0.5, 0.6) is 5.75 Å². The molecule has 1 aromatic rings. The Balaban J connectivity index is 2.21. The average molecular weight is 342 g/mol. The first-order valence-electron chi connectivity index (χ1n) is 8.66. The lowest BCUT2D eigenvalue weighted by molar-refractivity contribution is -0.117. The van der Waals surface area contributed by atoms with Crippen LogP contribution in [0.15, 0.2) is 17.7 Å². The SMILES string of the molecule is COc1cc(C)c(/C=C(/C#N)C(=O)NC[C@@H]2CCCO2)cc1C(C)C. The van der Waals surface area contributed by atoms with E-state index in [1.807, 2.05) is 25.1 Å². The van der Waals surface area contributed by atoms with Crippen molar-refractivity contribution in [1.82, 2.24) is 5.32 Å². The number of carbonyl (C=O) groups is 1. The number of benzene rings is 1. The summed E-state index contributed by atoms with van der Waals surface area (Å²) in [7, 11) is 1.65. The van der Waals surface area contributed by atoms with Gasteiger partial charge < -0.3 is 14.8 Å². The van der Waals surface area contributed by atoms with Crippen molar-refractivity contribution in [2.24, 2.45) is 0 Å². The summed E-state index contributed by atoms with van der Waals surface area (Å²) < 4.78 is 10.9. The number of rotatable bonds is 6. The zero-order chi connectivity index (χ0) is 18.4. The largest absolute Gasteiger partial charge is 0.496 e. The Bertz CT molecular complexity index is 696. The fourth-order valence-corrected chi connectivity index (χ4v) is 2.91. The van der Waals surface area contributed by atoms with Gasteiger partial charge in [0.15, 0.2) is 0 Å². The molecule has 134 valence electrons. The summed E-state index contributed by atoms with van der Waals surface area (Å²) in [5.74, 6) is 0.742. The van der Waals surface area contributed by atoms with Crippen molar-refractivity contribution >= 4 is 12.0 Å². The van der Waals surface area contributed by atoms with Crippen LogP contribution < -0.4 is 10.1 Å². The van der Waals surface area contributed by atoms with Gasteiger partial charge in [-0.3, -0.25) is 4.79 Å². The Labute approximate surface area is 149 Å². The molecular weight excluding hydrogens is 316 g/mol. The van der Waals surface area contributed by atoms with Crippen LogP contribution in [0.2, 0.25) is 0 Å². The minimum atomic E-state index is -0.362. The molecular formula is C20H26N2O3. The monoisotopic (exact) mass is 342 g/mol. The number of nitrogens with zero attached hydrogens (tertiary/aromatic N) is 1. The smallest absolute Gasteiger partial charge is 0.262 e. The van der Waals surface area contributed by atoms with Crippen LogP contribution in [-0.4, -0.2) is 32.3 Å². The Hall–Kier alpha value is -2.32. The van der Waals surface area contributed by atoms with Gasteiger partial charge in [-0.1, -0.05) is 13.8 Å². The van der Waals surface area contributed by atoms with Gasteiger partial charge >= 0.3 is 0 Å². The summed E-state index contributed by atoms with van der Waals surface area (Å²) in [5, 5.41) is 12.2. The Morgan fingerprint density at radius 3 is 2.84 bits per heavy atom. The first-order chi connectivity index (χ1) is 12.0. The van der Waals surface area contributed by atoms with E-state index in [1.165, 1.54) is 0 Å². The van der Waals surface area contributed by atoms with Crippen molar-refractivity contribution in [1.29, 1.82) is 5.26 Å². The van der Waals surface area contributed by atoms with Gasteiger partial charge in [0.05, 0.1) is 13.2 Å². The topological polar surface area (TPSA) is 71.3 Å². The highest BCUT2D eigenvalue weighted by Gasteiger charge is 2.18. The molecule has 0 unspecified atom stereocenters. The summed E-state index contributed by atoms with van der Waals surface area (Å²) in [5.41, 5.74) is 2.96. The van der Waals surface area contributed by atoms with Crippen LogP contribution in [0, 0.1) is 18.3 Å². The van der Waals surface area contributed by atoms with Crippen LogP contribution >= 0.6 is 0 Å². The van der Waals surface area contributed by atoms with E-state index in [0.29, 0.717) is 6.54 Å². The molecule has 25 heavy (non-hydrogen) atoms. The van der Waals surface area contributed by atoms with Crippen molar-refractivity contribution in [3.63, 3.8) is 0 Å². The number of amides is 1. The molecule has 0 radical (unpaired) electrons. The van der Waals surface area contributed by atoms with E-state index in [1.54, 1.807) is 13.2 Å². The van der Waals surface area contributed by atoms with E-state index in [2.05, 4.69) is 19.2 Å². The molecule has 1 amide bonds. The minimum absolute atomic E-state index is 0.0548. The molecule has 1 N–H and O–H groups in total. The molecule has 1 saturated heterocycles. The number of aryl methyl sites for hydroxylation is 1. The summed E-state index contributed by atoms with van der Waals surface area (Å²) in [6, 6.07) is 5.94. The molecule has 5 nitrogen and oxygen atoms in total. The predicted octanol–water partition coefficient (Wildman–Crippen LogP) is 3.33. The Morgan fingerprint density at radius 2 is 2.28 bits per heavy atom. The van der Waals surface area contributed by atoms with Gasteiger partial charge in [0.25, 0.3) is 5.91 Å². The number of ether oxygens (including phenoxy) is 2. The molecule has 1 aliphatic rings. The molecule has 0 saturated carbocycles. The Kier molecular flexibility index (Phi) is 6.60. The summed E-state index contributed by atoms with van der Waals surface area (Å²) >= 11 is 0. The van der Waals surface area contributed by atoms with E-state index in [4.69, 9.17) is 9.47 Å². The maximum Gasteiger partial charge on any atom is 0.262 e. The number of carbonyl (C=O) groups excluding carboxylic acids is 1. The molecule has 0 spiro atoms. The highest BCUT2D eigenvalue weighted by atomic mass is 16.5. The van der Waals surface area contributed by atoms with E-state index in [0.717, 1.165) is 41.9 Å². The fourth-order valence-electron chi connectivity index (χ4n) is 2.91. The molecule has 0 aromatic heterocycles. The minimum Gasteiger partial charge on any atom is -0.496 e. The van der Waals surface area contributed by atoms with Gasteiger partial charge in [0.1, 0.15) is 17.4 Å². The molecule has 1 fully saturated rings. The predicted molar refractivity (Wildman–Crippen MR) is 97.4 cm³/mol. The molecule has 1 atom stereocenters. The van der Waals surface area contributed by atoms with Gasteiger partial charge in [-0.05, 0) is 60.6 Å². The normalized spacial score (nSPS) is 17.4. The summed E-state index contributed by atoms with van der Waals surface area (Å²) in [6.45, 7) is 7.29. The fraction of sp³-hybridized carbons (Fsp3) is 0.500. The average Bonchev–Trinajstić information content (AvgIpc) is 3.11. The third kappa shape index (κ3) is 4.83. The van der Waals surface area contributed by atoms with Crippen LogP contribution in [0.4, 0.5) is 0 Å². The van der Waals surface area contributed by atoms with Gasteiger partial charge in [0.2, 0.25) is 0 Å². The number of nitrogens with one attached hydrogen (secondary N) is 1. The second-order valence-electron chi connectivity index (χ2n) is 6.62. The van der Waals surface area contributed by atoms with Crippen LogP contribution in [0.1, 0.15) is 49.3 Å². The first kappa shape index (κ1) is 19.0. The van der Waals surface area contributed by atoms with E-state index in [-0.39, 0.29) is 23.5 Å². The lowest BCUT2D eigenvalue weighted by Gasteiger charge is -2.15. The molecule has 0 bridgehead atoms. The summed E-state index contributed by atoms with van der Waals surface area (Å²) in [4.78, 5) is 12.3. The van der Waals surface area contributed by atoms with E-state index >= 15 is 0 Å². The highest BCUT2D eigenvalue weighted by Crippen LogP contribution is 2.30. The molecule has 1 aliphatic heterocycles. The molecule has 2 rings (SSSR count). The highest BCUT2D eigenvalue weighted by molar-refractivity contribution is 6.01. The van der Waals surface area contributed by atoms with E-state index in [9.17, 15) is 10.1 Å². The zero-order valence-corrected chi connectivity index (χ0v) is 15.4. The third-order valence-electron chi connectivity index (χ3n) is 4.42. The van der Waals surface area contributed by atoms with Gasteiger partial charge in [-0.25, -0.2) is 0 Å². The van der Waals surface area contributed by atoms with Crippen molar-refractivity contribution < 1.29 is 14.3 Å². The van der Waals surface area contributed by atoms with Crippen molar-refractivity contribution in [3.05, 3.63) is 34.4 Å². The maximum absolute atomic E-state index is 12.3. The summed E-state index contributed by atoms with van der Waals surface area (Å²) in [6.07, 6.45) is 3.66. The lowest BCUT2D eigenvalue weighted by atomic mass is 9.95.